The summed E-state index contributed by atoms with van der Waals surface area (Å²) in [7, 11) is 0. The van der Waals surface area contributed by atoms with Gasteiger partial charge in [-0.15, -0.1) is 0 Å². The van der Waals surface area contributed by atoms with E-state index in [9.17, 15) is 4.79 Å². The van der Waals surface area contributed by atoms with Crippen LogP contribution in [0.3, 0.4) is 0 Å². The molecular formula is C22H20N4O. The number of imidazole rings is 1. The minimum atomic E-state index is -0.0951. The number of rotatable bonds is 4. The Labute approximate surface area is 156 Å². The molecule has 2 aromatic heterocycles. The number of nitrogens with zero attached hydrogens (tertiary/aromatic N) is 3. The fourth-order valence-electron chi connectivity index (χ4n) is 3.81. The number of aromatic nitrogens is 3. The molecule has 1 aliphatic rings. The predicted octanol–water partition coefficient (Wildman–Crippen LogP) is 3.29. The summed E-state index contributed by atoms with van der Waals surface area (Å²) in [6.45, 7) is 2.76. The summed E-state index contributed by atoms with van der Waals surface area (Å²) >= 11 is 0. The van der Waals surface area contributed by atoms with Crippen molar-refractivity contribution in [3.05, 3.63) is 94.7 Å². The zero-order valence-corrected chi connectivity index (χ0v) is 14.9. The molecule has 4 aromatic rings. The molecule has 1 saturated heterocycles. The van der Waals surface area contributed by atoms with Crippen molar-refractivity contribution in [2.45, 2.75) is 12.5 Å². The van der Waals surface area contributed by atoms with E-state index in [2.05, 4.69) is 45.2 Å². The lowest BCUT2D eigenvalue weighted by Crippen LogP contribution is -2.44. The molecule has 0 aliphatic carbocycles. The maximum absolute atomic E-state index is 12.5. The fourth-order valence-corrected chi connectivity index (χ4v) is 3.81. The molecule has 0 amide bonds. The van der Waals surface area contributed by atoms with Gasteiger partial charge in [-0.25, -0.2) is 4.98 Å². The van der Waals surface area contributed by atoms with Crippen molar-refractivity contribution in [2.75, 3.05) is 13.1 Å². The first-order valence-corrected chi connectivity index (χ1v) is 9.20. The Bertz CT molecular complexity index is 1130. The van der Waals surface area contributed by atoms with E-state index in [1.54, 1.807) is 6.20 Å². The molecule has 5 heteroatoms. The molecule has 2 aromatic carbocycles. The Morgan fingerprint density at radius 2 is 1.70 bits per heavy atom. The van der Waals surface area contributed by atoms with Crippen LogP contribution in [0.25, 0.3) is 16.9 Å². The van der Waals surface area contributed by atoms with Gasteiger partial charge in [-0.05, 0) is 5.56 Å². The molecule has 0 spiro atoms. The summed E-state index contributed by atoms with van der Waals surface area (Å²) < 4.78 is 1.90. The van der Waals surface area contributed by atoms with Gasteiger partial charge in [-0.2, -0.15) is 0 Å². The zero-order valence-electron chi connectivity index (χ0n) is 14.9. The van der Waals surface area contributed by atoms with Gasteiger partial charge in [0.2, 0.25) is 0 Å². The van der Waals surface area contributed by atoms with E-state index in [-0.39, 0.29) is 5.56 Å². The maximum Gasteiger partial charge on any atom is 0.274 e. The van der Waals surface area contributed by atoms with Crippen LogP contribution in [0, 0.1) is 0 Å². The van der Waals surface area contributed by atoms with Crippen molar-refractivity contribution >= 4 is 5.52 Å². The largest absolute Gasteiger partial charge is 0.322 e. The summed E-state index contributed by atoms with van der Waals surface area (Å²) in [5, 5.41) is 0. The lowest BCUT2D eigenvalue weighted by Gasteiger charge is -2.39. The van der Waals surface area contributed by atoms with Crippen LogP contribution in [-0.2, 0) is 6.54 Å². The predicted molar refractivity (Wildman–Crippen MR) is 106 cm³/mol. The fraction of sp³-hybridized carbons (Fsp3) is 0.182. The maximum atomic E-state index is 12.5. The van der Waals surface area contributed by atoms with Crippen LogP contribution < -0.4 is 5.56 Å². The highest BCUT2D eigenvalue weighted by atomic mass is 16.1. The SMILES string of the molecule is O=c1[nH]c(CN2CC(c3ccccc3)C2)cn2c(-c3ccccc3)ncc12. The molecule has 1 fully saturated rings. The van der Waals surface area contributed by atoms with Crippen LogP contribution in [0.15, 0.2) is 77.9 Å². The molecule has 27 heavy (non-hydrogen) atoms. The van der Waals surface area contributed by atoms with Gasteiger partial charge < -0.3 is 4.98 Å². The van der Waals surface area contributed by atoms with E-state index in [4.69, 9.17) is 0 Å². The second kappa shape index (κ2) is 6.52. The number of fused-ring (bicyclic) bond motifs is 1. The third-order valence-electron chi connectivity index (χ3n) is 5.24. The van der Waals surface area contributed by atoms with Crippen molar-refractivity contribution in [1.82, 2.24) is 19.3 Å². The summed E-state index contributed by atoms with van der Waals surface area (Å²) in [4.78, 5) is 22.3. The highest BCUT2D eigenvalue weighted by molar-refractivity contribution is 5.61. The van der Waals surface area contributed by atoms with Crippen LogP contribution >= 0.6 is 0 Å². The highest BCUT2D eigenvalue weighted by Gasteiger charge is 2.28. The average molecular weight is 356 g/mol. The third kappa shape index (κ3) is 2.96. The van der Waals surface area contributed by atoms with Crippen molar-refractivity contribution in [2.24, 2.45) is 0 Å². The quantitative estimate of drug-likeness (QED) is 0.610. The number of hydrogen-bond donors (Lipinski definition) is 1. The van der Waals surface area contributed by atoms with Crippen LogP contribution in [0.1, 0.15) is 17.2 Å². The Hall–Kier alpha value is -3.18. The number of hydrogen-bond acceptors (Lipinski definition) is 3. The van der Waals surface area contributed by atoms with Crippen LogP contribution in [-0.4, -0.2) is 32.4 Å². The van der Waals surface area contributed by atoms with Crippen molar-refractivity contribution < 1.29 is 0 Å². The summed E-state index contributed by atoms with van der Waals surface area (Å²) in [6.07, 6.45) is 3.64. The lowest BCUT2D eigenvalue weighted by molar-refractivity contribution is 0.137. The van der Waals surface area contributed by atoms with Crippen molar-refractivity contribution in [1.29, 1.82) is 0 Å². The van der Waals surface area contributed by atoms with E-state index in [1.807, 2.05) is 40.9 Å². The van der Waals surface area contributed by atoms with E-state index in [0.29, 0.717) is 11.4 Å². The zero-order chi connectivity index (χ0) is 18.2. The Morgan fingerprint density at radius 3 is 2.44 bits per heavy atom. The van der Waals surface area contributed by atoms with Gasteiger partial charge in [-0.3, -0.25) is 14.1 Å². The number of nitrogens with one attached hydrogen (secondary N) is 1. The third-order valence-corrected chi connectivity index (χ3v) is 5.24. The minimum absolute atomic E-state index is 0.0951. The van der Waals surface area contributed by atoms with E-state index >= 15 is 0 Å². The van der Waals surface area contributed by atoms with Gasteiger partial charge in [0, 0.05) is 43.0 Å². The lowest BCUT2D eigenvalue weighted by atomic mass is 9.91. The highest BCUT2D eigenvalue weighted by Crippen LogP contribution is 2.28. The van der Waals surface area contributed by atoms with Crippen LogP contribution in [0.5, 0.6) is 0 Å². The molecule has 134 valence electrons. The first-order valence-electron chi connectivity index (χ1n) is 9.20. The monoisotopic (exact) mass is 356 g/mol. The second-order valence-electron chi connectivity index (χ2n) is 7.11. The normalized spacial score (nSPS) is 15.1. The molecule has 0 radical (unpaired) electrons. The summed E-state index contributed by atoms with van der Waals surface area (Å²) in [5.41, 5.74) is 3.78. The molecule has 5 nitrogen and oxygen atoms in total. The molecule has 5 rings (SSSR count). The minimum Gasteiger partial charge on any atom is -0.322 e. The van der Waals surface area contributed by atoms with Crippen molar-refractivity contribution in [3.63, 3.8) is 0 Å². The standard InChI is InChI=1S/C22H20N4O/c27-22-20-11-23-21(17-9-5-2-6-10-17)26(20)15-19(24-22)14-25-12-18(13-25)16-7-3-1-4-8-16/h1-11,15,18H,12-14H2,(H,24,27). The second-order valence-corrected chi connectivity index (χ2v) is 7.11. The molecule has 3 heterocycles. The molecule has 1 aliphatic heterocycles. The smallest absolute Gasteiger partial charge is 0.274 e. The average Bonchev–Trinajstić information content (AvgIpc) is 3.10. The molecule has 0 bridgehead atoms. The van der Waals surface area contributed by atoms with E-state index < -0.39 is 0 Å². The van der Waals surface area contributed by atoms with E-state index in [0.717, 1.165) is 36.7 Å². The Balaban J connectivity index is 1.39. The Morgan fingerprint density at radius 1 is 1.00 bits per heavy atom. The molecule has 0 unspecified atom stereocenters. The first kappa shape index (κ1) is 16.0. The summed E-state index contributed by atoms with van der Waals surface area (Å²) in [5.74, 6) is 1.37. The van der Waals surface area contributed by atoms with Gasteiger partial charge in [-0.1, -0.05) is 60.7 Å². The molecular weight excluding hydrogens is 336 g/mol. The molecule has 0 saturated carbocycles. The van der Waals surface area contributed by atoms with E-state index in [1.165, 1.54) is 5.56 Å². The number of H-pyrrole nitrogens is 1. The number of aromatic amines is 1. The van der Waals surface area contributed by atoms with Gasteiger partial charge in [0.25, 0.3) is 5.56 Å². The molecule has 0 atom stereocenters. The van der Waals surface area contributed by atoms with Crippen LogP contribution in [0.2, 0.25) is 0 Å². The van der Waals surface area contributed by atoms with Gasteiger partial charge in [0.1, 0.15) is 11.3 Å². The summed E-state index contributed by atoms with van der Waals surface area (Å²) in [6, 6.07) is 20.6. The Kier molecular flexibility index (Phi) is 3.87. The topological polar surface area (TPSA) is 53.4 Å². The van der Waals surface area contributed by atoms with Gasteiger partial charge in [0.15, 0.2) is 0 Å². The molecule has 1 N–H and O–H groups in total. The van der Waals surface area contributed by atoms with Gasteiger partial charge >= 0.3 is 0 Å². The van der Waals surface area contributed by atoms with Crippen molar-refractivity contribution in [3.8, 4) is 11.4 Å². The number of benzene rings is 2. The number of likely N-dealkylation sites (tertiary alicyclic amines) is 1. The van der Waals surface area contributed by atoms with Gasteiger partial charge in [0.05, 0.1) is 6.20 Å². The first-order chi connectivity index (χ1) is 13.3. The van der Waals surface area contributed by atoms with Crippen LogP contribution in [0.4, 0.5) is 0 Å².